The topological polar surface area (TPSA) is 51.0 Å². The lowest BCUT2D eigenvalue weighted by Gasteiger charge is -2.00. The molecule has 2 rings (SSSR count). The van der Waals surface area contributed by atoms with Crippen LogP contribution in [-0.4, -0.2) is 16.7 Å². The van der Waals surface area contributed by atoms with E-state index in [1.165, 1.54) is 24.8 Å². The molecule has 4 nitrogen and oxygen atoms in total. The number of aromatic nitrogens is 2. The molecule has 0 saturated heterocycles. The Bertz CT molecular complexity index is 490. The molecule has 1 aromatic heterocycles. The molecular weight excluding hydrogens is 238 g/mol. The van der Waals surface area contributed by atoms with Gasteiger partial charge in [0.15, 0.2) is 0 Å². The Morgan fingerprint density at radius 3 is 2.63 bits per heavy atom. The van der Waals surface area contributed by atoms with Crippen LogP contribution in [0.3, 0.4) is 0 Å². The van der Waals surface area contributed by atoms with E-state index in [1.807, 2.05) is 24.3 Å². The summed E-state index contributed by atoms with van der Waals surface area (Å²) in [5, 5.41) is 11.4. The monoisotopic (exact) mass is 259 g/mol. The van der Waals surface area contributed by atoms with Crippen LogP contribution in [0, 0.1) is 6.92 Å². The molecule has 0 atom stereocenters. The average molecular weight is 259 g/mol. The standard InChI is InChI=1S/C15H21N3O/c1-3-4-5-10-16-11-14-17-18-15(19-14)13-8-6-12(2)7-9-13/h6-9,16H,3-5,10-11H2,1-2H3. The first-order valence-corrected chi connectivity index (χ1v) is 6.89. The van der Waals surface area contributed by atoms with Gasteiger partial charge in [-0.15, -0.1) is 10.2 Å². The molecule has 0 radical (unpaired) electrons. The molecule has 0 aliphatic carbocycles. The molecule has 19 heavy (non-hydrogen) atoms. The first-order chi connectivity index (χ1) is 9.29. The summed E-state index contributed by atoms with van der Waals surface area (Å²) < 4.78 is 5.63. The Balaban J connectivity index is 1.86. The highest BCUT2D eigenvalue weighted by molar-refractivity contribution is 5.52. The molecular formula is C15H21N3O. The van der Waals surface area contributed by atoms with Crippen molar-refractivity contribution in [3.8, 4) is 11.5 Å². The third kappa shape index (κ3) is 4.17. The smallest absolute Gasteiger partial charge is 0.247 e. The molecule has 0 fully saturated rings. The number of hydrogen-bond donors (Lipinski definition) is 1. The first-order valence-electron chi connectivity index (χ1n) is 6.89. The van der Waals surface area contributed by atoms with Gasteiger partial charge in [-0.3, -0.25) is 0 Å². The SMILES string of the molecule is CCCCCNCc1nnc(-c2ccc(C)cc2)o1. The Labute approximate surface area is 114 Å². The first kappa shape index (κ1) is 13.7. The maximum atomic E-state index is 5.63. The number of unbranched alkanes of at least 4 members (excludes halogenated alkanes) is 2. The summed E-state index contributed by atoms with van der Waals surface area (Å²) in [6, 6.07) is 8.09. The number of nitrogens with one attached hydrogen (secondary N) is 1. The van der Waals surface area contributed by atoms with Gasteiger partial charge >= 0.3 is 0 Å². The van der Waals surface area contributed by atoms with Crippen molar-refractivity contribution in [3.05, 3.63) is 35.7 Å². The van der Waals surface area contributed by atoms with Crippen LogP contribution in [0.4, 0.5) is 0 Å². The molecule has 102 valence electrons. The summed E-state index contributed by atoms with van der Waals surface area (Å²) in [7, 11) is 0. The summed E-state index contributed by atoms with van der Waals surface area (Å²) >= 11 is 0. The van der Waals surface area contributed by atoms with Crippen molar-refractivity contribution in [2.24, 2.45) is 0 Å². The number of rotatable bonds is 7. The van der Waals surface area contributed by atoms with Gasteiger partial charge in [0.2, 0.25) is 11.8 Å². The Kier molecular flexibility index (Phi) is 5.10. The van der Waals surface area contributed by atoms with Crippen molar-refractivity contribution in [2.45, 2.75) is 39.7 Å². The van der Waals surface area contributed by atoms with E-state index < -0.39 is 0 Å². The molecule has 0 amide bonds. The summed E-state index contributed by atoms with van der Waals surface area (Å²) in [6.07, 6.45) is 3.68. The lowest BCUT2D eigenvalue weighted by Crippen LogP contribution is -2.14. The van der Waals surface area contributed by atoms with E-state index in [0.717, 1.165) is 12.1 Å². The van der Waals surface area contributed by atoms with Crippen LogP contribution in [0.5, 0.6) is 0 Å². The van der Waals surface area contributed by atoms with Crippen LogP contribution in [0.15, 0.2) is 28.7 Å². The fraction of sp³-hybridized carbons (Fsp3) is 0.467. The normalized spacial score (nSPS) is 10.8. The molecule has 0 aliphatic rings. The Hall–Kier alpha value is -1.68. The van der Waals surface area contributed by atoms with Gasteiger partial charge < -0.3 is 9.73 Å². The van der Waals surface area contributed by atoms with Gasteiger partial charge in [0.05, 0.1) is 6.54 Å². The third-order valence-corrected chi connectivity index (χ3v) is 3.00. The van der Waals surface area contributed by atoms with Crippen LogP contribution >= 0.6 is 0 Å². The number of hydrogen-bond acceptors (Lipinski definition) is 4. The predicted octanol–water partition coefficient (Wildman–Crippen LogP) is 3.32. The van der Waals surface area contributed by atoms with Gasteiger partial charge in [0, 0.05) is 5.56 Å². The summed E-state index contributed by atoms with van der Waals surface area (Å²) in [4.78, 5) is 0. The fourth-order valence-electron chi connectivity index (χ4n) is 1.83. The van der Waals surface area contributed by atoms with Gasteiger partial charge in [-0.2, -0.15) is 0 Å². The van der Waals surface area contributed by atoms with E-state index >= 15 is 0 Å². The minimum Gasteiger partial charge on any atom is -0.419 e. The van der Waals surface area contributed by atoms with E-state index in [2.05, 4.69) is 29.4 Å². The fourth-order valence-corrected chi connectivity index (χ4v) is 1.83. The maximum absolute atomic E-state index is 5.63. The van der Waals surface area contributed by atoms with Crippen molar-refractivity contribution in [3.63, 3.8) is 0 Å². The Morgan fingerprint density at radius 2 is 1.89 bits per heavy atom. The number of benzene rings is 1. The molecule has 1 aromatic carbocycles. The minimum absolute atomic E-state index is 0.588. The van der Waals surface area contributed by atoms with Crippen LogP contribution in [0.1, 0.15) is 37.6 Å². The van der Waals surface area contributed by atoms with Crippen molar-refractivity contribution in [1.82, 2.24) is 15.5 Å². The zero-order chi connectivity index (χ0) is 13.5. The Morgan fingerprint density at radius 1 is 1.11 bits per heavy atom. The molecule has 0 saturated carbocycles. The third-order valence-electron chi connectivity index (χ3n) is 3.00. The zero-order valence-corrected chi connectivity index (χ0v) is 11.6. The quantitative estimate of drug-likeness (QED) is 0.775. The van der Waals surface area contributed by atoms with Crippen molar-refractivity contribution in [1.29, 1.82) is 0 Å². The summed E-state index contributed by atoms with van der Waals surface area (Å²) in [6.45, 7) is 5.90. The van der Waals surface area contributed by atoms with E-state index in [0.29, 0.717) is 18.3 Å². The molecule has 1 heterocycles. The zero-order valence-electron chi connectivity index (χ0n) is 11.6. The van der Waals surface area contributed by atoms with E-state index in [-0.39, 0.29) is 0 Å². The lowest BCUT2D eigenvalue weighted by molar-refractivity contribution is 0.473. The molecule has 1 N–H and O–H groups in total. The average Bonchev–Trinajstić information content (AvgIpc) is 2.88. The van der Waals surface area contributed by atoms with Crippen molar-refractivity contribution >= 4 is 0 Å². The molecule has 2 aromatic rings. The van der Waals surface area contributed by atoms with E-state index in [1.54, 1.807) is 0 Å². The molecule has 0 unspecified atom stereocenters. The highest BCUT2D eigenvalue weighted by Gasteiger charge is 2.07. The number of aryl methyl sites for hydroxylation is 1. The van der Waals surface area contributed by atoms with Crippen molar-refractivity contribution < 1.29 is 4.42 Å². The van der Waals surface area contributed by atoms with Crippen LogP contribution < -0.4 is 5.32 Å². The second kappa shape index (κ2) is 7.04. The molecule has 4 heteroatoms. The van der Waals surface area contributed by atoms with Gasteiger partial charge in [0.1, 0.15) is 0 Å². The van der Waals surface area contributed by atoms with Gasteiger partial charge in [-0.1, -0.05) is 37.5 Å². The second-order valence-corrected chi connectivity index (χ2v) is 4.75. The highest BCUT2D eigenvalue weighted by atomic mass is 16.4. The van der Waals surface area contributed by atoms with Gasteiger partial charge in [0.25, 0.3) is 0 Å². The molecule has 0 bridgehead atoms. The van der Waals surface area contributed by atoms with E-state index in [4.69, 9.17) is 4.42 Å². The molecule has 0 aliphatic heterocycles. The van der Waals surface area contributed by atoms with Crippen LogP contribution in [0.2, 0.25) is 0 Å². The van der Waals surface area contributed by atoms with Crippen LogP contribution in [-0.2, 0) is 6.54 Å². The van der Waals surface area contributed by atoms with Gasteiger partial charge in [-0.05, 0) is 32.0 Å². The largest absolute Gasteiger partial charge is 0.419 e. The van der Waals surface area contributed by atoms with E-state index in [9.17, 15) is 0 Å². The molecule has 0 spiro atoms. The van der Waals surface area contributed by atoms with Crippen LogP contribution in [0.25, 0.3) is 11.5 Å². The summed E-state index contributed by atoms with van der Waals surface area (Å²) in [5.41, 5.74) is 2.19. The second-order valence-electron chi connectivity index (χ2n) is 4.75. The van der Waals surface area contributed by atoms with Gasteiger partial charge in [-0.25, -0.2) is 0 Å². The lowest BCUT2D eigenvalue weighted by atomic mass is 10.1. The number of nitrogens with zero attached hydrogens (tertiary/aromatic N) is 2. The highest BCUT2D eigenvalue weighted by Crippen LogP contribution is 2.17. The predicted molar refractivity (Wildman–Crippen MR) is 75.7 cm³/mol. The minimum atomic E-state index is 0.588. The maximum Gasteiger partial charge on any atom is 0.247 e. The van der Waals surface area contributed by atoms with Crippen molar-refractivity contribution in [2.75, 3.05) is 6.54 Å². The summed E-state index contributed by atoms with van der Waals surface area (Å²) in [5.74, 6) is 1.23.